The van der Waals surface area contributed by atoms with Gasteiger partial charge in [-0.05, 0) is 43.4 Å². The van der Waals surface area contributed by atoms with Gasteiger partial charge in [-0.25, -0.2) is 8.42 Å². The van der Waals surface area contributed by atoms with E-state index in [1.54, 1.807) is 25.1 Å². The van der Waals surface area contributed by atoms with Gasteiger partial charge in [0.15, 0.2) is 0 Å². The Bertz CT molecular complexity index is 644. The van der Waals surface area contributed by atoms with Crippen LogP contribution in [0.5, 0.6) is 0 Å². The summed E-state index contributed by atoms with van der Waals surface area (Å²) >= 11 is 3.30. The second kappa shape index (κ2) is 6.46. The van der Waals surface area contributed by atoms with Crippen molar-refractivity contribution in [3.05, 3.63) is 28.2 Å². The van der Waals surface area contributed by atoms with Gasteiger partial charge >= 0.3 is 5.97 Å². The normalized spacial score (nSPS) is 20.4. The lowest BCUT2D eigenvalue weighted by Gasteiger charge is -2.31. The molecule has 1 atom stereocenters. The van der Waals surface area contributed by atoms with Gasteiger partial charge in [0.05, 0.1) is 4.90 Å². The molecule has 1 N–H and O–H groups in total. The van der Waals surface area contributed by atoms with Gasteiger partial charge in [-0.1, -0.05) is 22.0 Å². The minimum absolute atomic E-state index is 0.0173. The minimum Gasteiger partial charge on any atom is -0.481 e. The zero-order valence-electron chi connectivity index (χ0n) is 11.8. The lowest BCUT2D eigenvalue weighted by Crippen LogP contribution is -2.40. The zero-order valence-corrected chi connectivity index (χ0v) is 14.2. The highest BCUT2D eigenvalue weighted by Crippen LogP contribution is 2.28. The molecule has 116 valence electrons. The molecule has 1 aromatic carbocycles. The number of aryl methyl sites for hydroxylation is 1. The van der Waals surface area contributed by atoms with Crippen molar-refractivity contribution in [1.82, 2.24) is 4.31 Å². The summed E-state index contributed by atoms with van der Waals surface area (Å²) in [5.41, 5.74) is 0.693. The van der Waals surface area contributed by atoms with Crippen molar-refractivity contribution >= 4 is 31.9 Å². The Balaban J connectivity index is 2.26. The average molecular weight is 376 g/mol. The number of sulfonamides is 1. The number of rotatable bonds is 4. The molecule has 0 aliphatic carbocycles. The van der Waals surface area contributed by atoms with Crippen molar-refractivity contribution in [3.8, 4) is 0 Å². The summed E-state index contributed by atoms with van der Waals surface area (Å²) in [5.74, 6) is -0.989. The first-order chi connectivity index (χ1) is 9.80. The Morgan fingerprint density at radius 3 is 2.86 bits per heavy atom. The molecule has 21 heavy (non-hydrogen) atoms. The highest BCUT2D eigenvalue weighted by molar-refractivity contribution is 9.10. The van der Waals surface area contributed by atoms with Gasteiger partial charge in [-0.3, -0.25) is 4.79 Å². The van der Waals surface area contributed by atoms with Crippen molar-refractivity contribution in [2.75, 3.05) is 13.1 Å². The summed E-state index contributed by atoms with van der Waals surface area (Å²) in [7, 11) is -3.57. The molecule has 1 fully saturated rings. The summed E-state index contributed by atoms with van der Waals surface area (Å²) in [5, 5.41) is 8.88. The first-order valence-corrected chi connectivity index (χ1v) is 9.02. The SMILES string of the molecule is Cc1ccc(Br)cc1S(=O)(=O)N1CCCC(CC(=O)O)C1. The smallest absolute Gasteiger partial charge is 0.303 e. The number of aliphatic carboxylic acids is 1. The van der Waals surface area contributed by atoms with Crippen LogP contribution in [0.15, 0.2) is 27.6 Å². The highest BCUT2D eigenvalue weighted by Gasteiger charge is 2.32. The number of carbonyl (C=O) groups is 1. The zero-order chi connectivity index (χ0) is 15.6. The van der Waals surface area contributed by atoms with Crippen molar-refractivity contribution in [2.24, 2.45) is 5.92 Å². The van der Waals surface area contributed by atoms with E-state index in [1.807, 2.05) is 0 Å². The quantitative estimate of drug-likeness (QED) is 0.877. The van der Waals surface area contributed by atoms with E-state index < -0.39 is 16.0 Å². The predicted octanol–water partition coefficient (Wildman–Crippen LogP) is 2.63. The van der Waals surface area contributed by atoms with Crippen molar-refractivity contribution in [2.45, 2.75) is 31.1 Å². The van der Waals surface area contributed by atoms with Crippen LogP contribution < -0.4 is 0 Å². The molecule has 0 amide bonds. The second-order valence-electron chi connectivity index (χ2n) is 5.38. The van der Waals surface area contributed by atoms with Gasteiger partial charge in [-0.15, -0.1) is 0 Å². The molecule has 0 radical (unpaired) electrons. The van der Waals surface area contributed by atoms with Crippen LogP contribution in [0.3, 0.4) is 0 Å². The summed E-state index contributed by atoms with van der Waals surface area (Å²) in [6.07, 6.45) is 1.48. The predicted molar refractivity (Wildman–Crippen MR) is 82.6 cm³/mol. The Morgan fingerprint density at radius 1 is 1.48 bits per heavy atom. The Morgan fingerprint density at radius 2 is 2.19 bits per heavy atom. The fourth-order valence-corrected chi connectivity index (χ4v) is 4.97. The largest absolute Gasteiger partial charge is 0.481 e. The van der Waals surface area contributed by atoms with Crippen LogP contribution in [0.4, 0.5) is 0 Å². The molecule has 1 aromatic rings. The first kappa shape index (κ1) is 16.5. The maximum atomic E-state index is 12.7. The van der Waals surface area contributed by atoms with Crippen LogP contribution in [0.1, 0.15) is 24.8 Å². The number of carboxylic acid groups (broad SMARTS) is 1. The molecule has 1 aliphatic rings. The number of piperidine rings is 1. The Kier molecular flexibility index (Phi) is 5.06. The molecule has 7 heteroatoms. The third-order valence-corrected chi connectivity index (χ3v) is 6.21. The monoisotopic (exact) mass is 375 g/mol. The Hall–Kier alpha value is -0.920. The maximum absolute atomic E-state index is 12.7. The van der Waals surface area contributed by atoms with Gasteiger partial charge in [-0.2, -0.15) is 4.31 Å². The number of hydrogen-bond acceptors (Lipinski definition) is 3. The lowest BCUT2D eigenvalue weighted by atomic mass is 9.96. The minimum atomic E-state index is -3.57. The molecule has 1 aliphatic heterocycles. The molecule has 2 rings (SSSR count). The maximum Gasteiger partial charge on any atom is 0.303 e. The molecule has 0 saturated carbocycles. The van der Waals surface area contributed by atoms with Crippen molar-refractivity contribution in [3.63, 3.8) is 0 Å². The van der Waals surface area contributed by atoms with Crippen LogP contribution in [0.25, 0.3) is 0 Å². The highest BCUT2D eigenvalue weighted by atomic mass is 79.9. The van der Waals surface area contributed by atoms with Crippen molar-refractivity contribution < 1.29 is 18.3 Å². The molecule has 1 unspecified atom stereocenters. The molecule has 0 bridgehead atoms. The number of halogens is 1. The van der Waals surface area contributed by atoms with Crippen LogP contribution in [-0.2, 0) is 14.8 Å². The van der Waals surface area contributed by atoms with Gasteiger partial charge in [0.1, 0.15) is 0 Å². The summed E-state index contributed by atoms with van der Waals surface area (Å²) in [4.78, 5) is 11.1. The number of nitrogens with zero attached hydrogens (tertiary/aromatic N) is 1. The van der Waals surface area contributed by atoms with Gasteiger partial charge in [0.25, 0.3) is 0 Å². The fourth-order valence-electron chi connectivity index (χ4n) is 2.65. The van der Waals surface area contributed by atoms with Crippen LogP contribution >= 0.6 is 15.9 Å². The average Bonchev–Trinajstić information content (AvgIpc) is 2.41. The molecular weight excluding hydrogens is 358 g/mol. The first-order valence-electron chi connectivity index (χ1n) is 6.79. The third kappa shape index (κ3) is 3.84. The summed E-state index contributed by atoms with van der Waals surface area (Å²) in [6, 6.07) is 5.17. The van der Waals surface area contributed by atoms with Gasteiger partial charge < -0.3 is 5.11 Å². The number of benzene rings is 1. The van der Waals surface area contributed by atoms with Crippen LogP contribution in [0.2, 0.25) is 0 Å². The molecule has 1 heterocycles. The number of hydrogen-bond donors (Lipinski definition) is 1. The molecular formula is C14H18BrNO4S. The summed E-state index contributed by atoms with van der Waals surface area (Å²) < 4.78 is 27.6. The van der Waals surface area contributed by atoms with Gasteiger partial charge in [0, 0.05) is 24.0 Å². The van der Waals surface area contributed by atoms with Crippen LogP contribution in [-0.4, -0.2) is 36.9 Å². The molecule has 1 saturated heterocycles. The van der Waals surface area contributed by atoms with E-state index in [2.05, 4.69) is 15.9 Å². The topological polar surface area (TPSA) is 74.7 Å². The van der Waals surface area contributed by atoms with E-state index in [1.165, 1.54) is 4.31 Å². The standard InChI is InChI=1S/C14H18BrNO4S/c1-10-4-5-12(15)8-13(10)21(19,20)16-6-2-3-11(9-16)7-14(17)18/h4-5,8,11H,2-3,6-7,9H2,1H3,(H,17,18). The third-order valence-electron chi connectivity index (χ3n) is 3.71. The van der Waals surface area contributed by atoms with Crippen LogP contribution in [0, 0.1) is 12.8 Å². The number of carboxylic acids is 1. The second-order valence-corrected chi connectivity index (χ2v) is 8.20. The molecule has 0 spiro atoms. The molecule has 5 nitrogen and oxygen atoms in total. The van der Waals surface area contributed by atoms with E-state index in [0.29, 0.717) is 23.0 Å². The fraction of sp³-hybridized carbons (Fsp3) is 0.500. The lowest BCUT2D eigenvalue weighted by molar-refractivity contribution is -0.138. The van der Waals surface area contributed by atoms with E-state index in [9.17, 15) is 13.2 Å². The molecule has 0 aromatic heterocycles. The van der Waals surface area contributed by atoms with E-state index >= 15 is 0 Å². The van der Waals surface area contributed by atoms with E-state index in [0.717, 1.165) is 6.42 Å². The Labute approximate surface area is 133 Å². The summed E-state index contributed by atoms with van der Waals surface area (Å²) in [6.45, 7) is 2.49. The van der Waals surface area contributed by atoms with Crippen molar-refractivity contribution in [1.29, 1.82) is 0 Å². The van der Waals surface area contributed by atoms with E-state index in [-0.39, 0.29) is 23.8 Å². The van der Waals surface area contributed by atoms with E-state index in [4.69, 9.17) is 5.11 Å². The van der Waals surface area contributed by atoms with Gasteiger partial charge in [0.2, 0.25) is 10.0 Å².